The lowest BCUT2D eigenvalue weighted by Crippen LogP contribution is -2.04. The molecule has 1 aromatic carbocycles. The molecule has 0 unspecified atom stereocenters. The van der Waals surface area contributed by atoms with Crippen molar-refractivity contribution < 1.29 is 9.47 Å². The first kappa shape index (κ1) is 10.8. The third kappa shape index (κ3) is 1.93. The molecule has 1 aromatic rings. The van der Waals surface area contributed by atoms with Crippen LogP contribution in [0.25, 0.3) is 0 Å². The van der Waals surface area contributed by atoms with E-state index in [1.165, 1.54) is 0 Å². The SMILES string of the molecule is C=C1CN=C(c2cccc(C3=NCC(=C)O3)c2)O1. The first-order valence-corrected chi connectivity index (χ1v) is 5.63. The first-order valence-electron chi connectivity index (χ1n) is 5.63. The molecule has 90 valence electrons. The van der Waals surface area contributed by atoms with E-state index >= 15 is 0 Å². The monoisotopic (exact) mass is 240 g/mol. The lowest BCUT2D eigenvalue weighted by atomic mass is 10.1. The van der Waals surface area contributed by atoms with Gasteiger partial charge in [0.05, 0.1) is 0 Å². The normalized spacial score (nSPS) is 18.2. The molecule has 0 saturated carbocycles. The van der Waals surface area contributed by atoms with Gasteiger partial charge in [-0.3, -0.25) is 0 Å². The smallest absolute Gasteiger partial charge is 0.222 e. The van der Waals surface area contributed by atoms with Crippen LogP contribution < -0.4 is 0 Å². The summed E-state index contributed by atoms with van der Waals surface area (Å²) >= 11 is 0. The van der Waals surface area contributed by atoms with Crippen LogP contribution in [0.1, 0.15) is 11.1 Å². The Labute approximate surface area is 105 Å². The predicted molar refractivity (Wildman–Crippen MR) is 69.7 cm³/mol. The van der Waals surface area contributed by atoms with Gasteiger partial charge in [-0.2, -0.15) is 0 Å². The van der Waals surface area contributed by atoms with Gasteiger partial charge in [0.2, 0.25) is 11.8 Å². The molecule has 0 spiro atoms. The standard InChI is InChI=1S/C14H12N2O2/c1-9-7-15-13(17-9)11-4-3-5-12(6-11)14-16-8-10(2)18-14/h3-6H,1-2,7-8H2. The summed E-state index contributed by atoms with van der Waals surface area (Å²) in [6.07, 6.45) is 0. The molecule has 0 N–H and O–H groups in total. The number of benzene rings is 1. The maximum atomic E-state index is 5.44. The van der Waals surface area contributed by atoms with Crippen LogP contribution in [0.4, 0.5) is 0 Å². The van der Waals surface area contributed by atoms with Crippen LogP contribution in [0.15, 0.2) is 58.9 Å². The molecule has 0 radical (unpaired) electrons. The van der Waals surface area contributed by atoms with Gasteiger partial charge in [0.1, 0.15) is 24.6 Å². The molecule has 4 nitrogen and oxygen atoms in total. The quantitative estimate of drug-likeness (QED) is 0.795. The largest absolute Gasteiger partial charge is 0.442 e. The Hall–Kier alpha value is -2.36. The van der Waals surface area contributed by atoms with Crippen LogP contribution in [-0.4, -0.2) is 24.9 Å². The average Bonchev–Trinajstić information content (AvgIpc) is 2.98. The lowest BCUT2D eigenvalue weighted by molar-refractivity contribution is 0.441. The van der Waals surface area contributed by atoms with E-state index in [9.17, 15) is 0 Å². The van der Waals surface area contributed by atoms with E-state index in [0.717, 1.165) is 11.1 Å². The van der Waals surface area contributed by atoms with E-state index < -0.39 is 0 Å². The van der Waals surface area contributed by atoms with Gasteiger partial charge in [-0.25, -0.2) is 9.98 Å². The molecule has 0 aromatic heterocycles. The number of ether oxygens (including phenoxy) is 2. The second kappa shape index (κ2) is 4.14. The number of hydrogen-bond acceptors (Lipinski definition) is 4. The minimum atomic E-state index is 0.522. The second-order valence-electron chi connectivity index (χ2n) is 4.11. The molecule has 2 heterocycles. The van der Waals surface area contributed by atoms with Gasteiger partial charge in [-0.1, -0.05) is 19.2 Å². The van der Waals surface area contributed by atoms with Crippen molar-refractivity contribution in [2.75, 3.05) is 13.1 Å². The van der Waals surface area contributed by atoms with Gasteiger partial charge < -0.3 is 9.47 Å². The summed E-state index contributed by atoms with van der Waals surface area (Å²) in [7, 11) is 0. The van der Waals surface area contributed by atoms with E-state index in [1.807, 2.05) is 24.3 Å². The Bertz CT molecular complexity index is 550. The summed E-state index contributed by atoms with van der Waals surface area (Å²) in [4.78, 5) is 8.53. The molecular formula is C14H12N2O2. The zero-order valence-corrected chi connectivity index (χ0v) is 9.85. The van der Waals surface area contributed by atoms with Gasteiger partial charge in [-0.15, -0.1) is 0 Å². The van der Waals surface area contributed by atoms with Crippen molar-refractivity contribution >= 4 is 11.8 Å². The van der Waals surface area contributed by atoms with Gasteiger partial charge in [0.15, 0.2) is 0 Å². The van der Waals surface area contributed by atoms with Crippen molar-refractivity contribution in [2.24, 2.45) is 9.98 Å². The second-order valence-corrected chi connectivity index (χ2v) is 4.11. The molecule has 0 atom stereocenters. The summed E-state index contributed by atoms with van der Waals surface area (Å²) in [6.45, 7) is 8.53. The third-order valence-corrected chi connectivity index (χ3v) is 2.64. The average molecular weight is 240 g/mol. The van der Waals surface area contributed by atoms with Crippen LogP contribution in [0, 0.1) is 0 Å². The zero-order valence-electron chi connectivity index (χ0n) is 9.85. The zero-order chi connectivity index (χ0) is 12.5. The van der Waals surface area contributed by atoms with Crippen molar-refractivity contribution in [2.45, 2.75) is 0 Å². The summed E-state index contributed by atoms with van der Waals surface area (Å²) in [6, 6.07) is 7.73. The lowest BCUT2D eigenvalue weighted by Gasteiger charge is -2.05. The highest BCUT2D eigenvalue weighted by Gasteiger charge is 2.17. The fraction of sp³-hybridized carbons (Fsp3) is 0.143. The van der Waals surface area contributed by atoms with E-state index in [-0.39, 0.29) is 0 Å². The summed E-state index contributed by atoms with van der Waals surface area (Å²) < 4.78 is 10.9. The van der Waals surface area contributed by atoms with Gasteiger partial charge >= 0.3 is 0 Å². The van der Waals surface area contributed by atoms with E-state index in [0.29, 0.717) is 36.4 Å². The van der Waals surface area contributed by atoms with Crippen molar-refractivity contribution in [3.8, 4) is 0 Å². The topological polar surface area (TPSA) is 43.2 Å². The molecule has 0 amide bonds. The summed E-state index contributed by atoms with van der Waals surface area (Å²) in [5, 5.41) is 0. The molecule has 4 heteroatoms. The number of nitrogens with zero attached hydrogens (tertiary/aromatic N) is 2. The highest BCUT2D eigenvalue weighted by molar-refractivity contribution is 6.01. The molecule has 2 aliphatic heterocycles. The molecule has 3 rings (SSSR count). The van der Waals surface area contributed by atoms with E-state index in [1.54, 1.807) is 0 Å². The number of rotatable bonds is 2. The van der Waals surface area contributed by atoms with Gasteiger partial charge in [0.25, 0.3) is 0 Å². The number of aliphatic imine (C=N–C) groups is 2. The molecule has 0 bridgehead atoms. The Morgan fingerprint density at radius 2 is 1.39 bits per heavy atom. The maximum absolute atomic E-state index is 5.44. The van der Waals surface area contributed by atoms with Crippen molar-refractivity contribution in [1.29, 1.82) is 0 Å². The molecule has 0 fully saturated rings. The Morgan fingerprint density at radius 1 is 0.889 bits per heavy atom. The Morgan fingerprint density at radius 3 is 1.78 bits per heavy atom. The van der Waals surface area contributed by atoms with Crippen LogP contribution in [0.5, 0.6) is 0 Å². The number of hydrogen-bond donors (Lipinski definition) is 0. The van der Waals surface area contributed by atoms with Crippen LogP contribution in [0.3, 0.4) is 0 Å². The van der Waals surface area contributed by atoms with Crippen molar-refractivity contribution in [1.82, 2.24) is 0 Å². The van der Waals surface area contributed by atoms with Crippen LogP contribution in [0.2, 0.25) is 0 Å². The van der Waals surface area contributed by atoms with Crippen LogP contribution >= 0.6 is 0 Å². The van der Waals surface area contributed by atoms with Gasteiger partial charge in [0, 0.05) is 11.1 Å². The molecule has 18 heavy (non-hydrogen) atoms. The Balaban J connectivity index is 1.90. The van der Waals surface area contributed by atoms with Crippen molar-refractivity contribution in [3.63, 3.8) is 0 Å². The summed E-state index contributed by atoms with van der Waals surface area (Å²) in [5.74, 6) is 2.52. The third-order valence-electron chi connectivity index (χ3n) is 2.64. The first-order chi connectivity index (χ1) is 8.72. The van der Waals surface area contributed by atoms with Gasteiger partial charge in [-0.05, 0) is 18.2 Å². The van der Waals surface area contributed by atoms with E-state index in [2.05, 4.69) is 23.1 Å². The van der Waals surface area contributed by atoms with E-state index in [4.69, 9.17) is 9.47 Å². The highest BCUT2D eigenvalue weighted by Crippen LogP contribution is 2.18. The highest BCUT2D eigenvalue weighted by atomic mass is 16.5. The van der Waals surface area contributed by atoms with Crippen molar-refractivity contribution in [3.05, 3.63) is 60.1 Å². The molecule has 2 aliphatic rings. The summed E-state index contributed by atoms with van der Waals surface area (Å²) in [5.41, 5.74) is 1.80. The fourth-order valence-corrected chi connectivity index (χ4v) is 1.81. The predicted octanol–water partition coefficient (Wildman–Crippen LogP) is 2.27. The molecule has 0 saturated heterocycles. The maximum Gasteiger partial charge on any atom is 0.222 e. The molecular weight excluding hydrogens is 228 g/mol. The van der Waals surface area contributed by atoms with Crippen LogP contribution in [-0.2, 0) is 9.47 Å². The minimum Gasteiger partial charge on any atom is -0.442 e. The minimum absolute atomic E-state index is 0.522. The Kier molecular flexibility index (Phi) is 2.48. The fourth-order valence-electron chi connectivity index (χ4n) is 1.81. The molecule has 0 aliphatic carbocycles.